The van der Waals surface area contributed by atoms with Gasteiger partial charge in [-0.2, -0.15) is 0 Å². The van der Waals surface area contributed by atoms with Gasteiger partial charge in [0.25, 0.3) is 5.91 Å². The van der Waals surface area contributed by atoms with Crippen molar-refractivity contribution in [3.05, 3.63) is 59.6 Å². The Labute approximate surface area is 163 Å². The number of carbonyl (C=O) groups is 1. The number of hydrogen-bond donors (Lipinski definition) is 1. The lowest BCUT2D eigenvalue weighted by Gasteiger charge is -2.32. The SMILES string of the molecule is O=C(NC1CC1)c1cc([C@@H]2CCCN(Cc3ccnc4ccccc34)C2)no1. The van der Waals surface area contributed by atoms with Gasteiger partial charge >= 0.3 is 0 Å². The number of nitrogens with one attached hydrogen (secondary N) is 1. The summed E-state index contributed by atoms with van der Waals surface area (Å²) >= 11 is 0. The number of nitrogens with zero attached hydrogens (tertiary/aromatic N) is 3. The van der Waals surface area contributed by atoms with Gasteiger partial charge in [-0.25, -0.2) is 0 Å². The summed E-state index contributed by atoms with van der Waals surface area (Å²) < 4.78 is 5.33. The maximum absolute atomic E-state index is 12.2. The lowest BCUT2D eigenvalue weighted by Crippen LogP contribution is -2.34. The zero-order valence-electron chi connectivity index (χ0n) is 15.8. The van der Waals surface area contributed by atoms with E-state index in [9.17, 15) is 4.79 Å². The van der Waals surface area contributed by atoms with Crippen molar-refractivity contribution in [2.75, 3.05) is 13.1 Å². The number of para-hydroxylation sites is 1. The van der Waals surface area contributed by atoms with Crippen LogP contribution < -0.4 is 5.32 Å². The minimum absolute atomic E-state index is 0.142. The highest BCUT2D eigenvalue weighted by Crippen LogP contribution is 2.29. The van der Waals surface area contributed by atoms with Crippen LogP contribution in [0.4, 0.5) is 0 Å². The number of pyridine rings is 1. The second-order valence-corrected chi connectivity index (χ2v) is 7.93. The van der Waals surface area contributed by atoms with E-state index in [4.69, 9.17) is 4.52 Å². The predicted octanol–water partition coefficient (Wildman–Crippen LogP) is 3.49. The number of benzene rings is 1. The zero-order valence-corrected chi connectivity index (χ0v) is 15.8. The molecule has 1 N–H and O–H groups in total. The van der Waals surface area contributed by atoms with E-state index in [1.807, 2.05) is 18.3 Å². The quantitative estimate of drug-likeness (QED) is 0.738. The fraction of sp³-hybridized carbons (Fsp3) is 0.409. The molecule has 0 spiro atoms. The number of amides is 1. The molecule has 2 fully saturated rings. The third-order valence-electron chi connectivity index (χ3n) is 5.72. The van der Waals surface area contributed by atoms with Gasteiger partial charge in [-0.15, -0.1) is 0 Å². The van der Waals surface area contributed by atoms with Gasteiger partial charge in [-0.05, 0) is 49.9 Å². The fourth-order valence-electron chi connectivity index (χ4n) is 4.05. The van der Waals surface area contributed by atoms with Crippen molar-refractivity contribution < 1.29 is 9.32 Å². The van der Waals surface area contributed by atoms with Gasteiger partial charge in [0.05, 0.1) is 11.2 Å². The Hall–Kier alpha value is -2.73. The molecule has 144 valence electrons. The van der Waals surface area contributed by atoms with E-state index in [1.54, 1.807) is 0 Å². The summed E-state index contributed by atoms with van der Waals surface area (Å²) in [7, 11) is 0. The van der Waals surface area contributed by atoms with E-state index in [1.165, 1.54) is 10.9 Å². The van der Waals surface area contributed by atoms with E-state index < -0.39 is 0 Å². The van der Waals surface area contributed by atoms with Crippen LogP contribution >= 0.6 is 0 Å². The van der Waals surface area contributed by atoms with Crippen LogP contribution in [0.25, 0.3) is 10.9 Å². The summed E-state index contributed by atoms with van der Waals surface area (Å²) in [5.74, 6) is 0.490. The molecule has 1 aliphatic heterocycles. The molecule has 0 bridgehead atoms. The van der Waals surface area contributed by atoms with Crippen LogP contribution in [0.1, 0.15) is 53.4 Å². The summed E-state index contributed by atoms with van der Waals surface area (Å²) in [6.45, 7) is 2.89. The summed E-state index contributed by atoms with van der Waals surface area (Å²) in [4.78, 5) is 19.1. The molecule has 3 aromatic rings. The maximum atomic E-state index is 12.2. The normalized spacial score (nSPS) is 20.4. The first kappa shape index (κ1) is 17.4. The molecular formula is C22H24N4O2. The monoisotopic (exact) mass is 376 g/mol. The highest BCUT2D eigenvalue weighted by Gasteiger charge is 2.28. The molecule has 6 nitrogen and oxygen atoms in total. The Balaban J connectivity index is 1.28. The molecule has 1 saturated heterocycles. The van der Waals surface area contributed by atoms with Gasteiger partial charge in [-0.1, -0.05) is 23.4 Å². The van der Waals surface area contributed by atoms with Crippen LogP contribution in [0, 0.1) is 0 Å². The number of aromatic nitrogens is 2. The second kappa shape index (κ2) is 7.36. The van der Waals surface area contributed by atoms with Crippen molar-refractivity contribution in [2.45, 2.75) is 44.2 Å². The number of carbonyl (C=O) groups excluding carboxylic acids is 1. The average molecular weight is 376 g/mol. The van der Waals surface area contributed by atoms with Crippen molar-refractivity contribution in [1.29, 1.82) is 0 Å². The molecule has 6 heteroatoms. The Morgan fingerprint density at radius 2 is 2.11 bits per heavy atom. The van der Waals surface area contributed by atoms with Gasteiger partial charge in [0.1, 0.15) is 0 Å². The van der Waals surface area contributed by atoms with Crippen molar-refractivity contribution in [3.63, 3.8) is 0 Å². The molecule has 0 unspecified atom stereocenters. The average Bonchev–Trinajstić information content (AvgIpc) is 3.40. The number of fused-ring (bicyclic) bond motifs is 1. The highest BCUT2D eigenvalue weighted by molar-refractivity contribution is 5.91. The molecular weight excluding hydrogens is 352 g/mol. The van der Waals surface area contributed by atoms with Crippen LogP contribution in [0.5, 0.6) is 0 Å². The Bertz CT molecular complexity index is 990. The number of likely N-dealkylation sites (tertiary alicyclic amines) is 1. The van der Waals surface area contributed by atoms with Gasteiger partial charge in [0, 0.05) is 42.7 Å². The van der Waals surface area contributed by atoms with Gasteiger partial charge in [-0.3, -0.25) is 14.7 Å². The van der Waals surface area contributed by atoms with Gasteiger partial charge in [0.15, 0.2) is 0 Å². The van der Waals surface area contributed by atoms with Gasteiger partial charge < -0.3 is 9.84 Å². The standard InChI is InChI=1S/C22H24N4O2/c27-22(24-17-7-8-17)21-12-20(25-28-21)16-4-3-11-26(14-16)13-15-9-10-23-19-6-2-1-5-18(15)19/h1-2,5-6,9-10,12,16-17H,3-4,7-8,11,13-14H2,(H,24,27)/t16-/m1/s1. The fourth-order valence-corrected chi connectivity index (χ4v) is 4.05. The molecule has 28 heavy (non-hydrogen) atoms. The summed E-state index contributed by atoms with van der Waals surface area (Å²) in [6.07, 6.45) is 6.21. The van der Waals surface area contributed by atoms with Crippen LogP contribution in [0.2, 0.25) is 0 Å². The molecule has 1 atom stereocenters. The molecule has 2 aliphatic rings. The molecule has 2 aromatic heterocycles. The molecule has 1 aromatic carbocycles. The molecule has 1 saturated carbocycles. The van der Waals surface area contributed by atoms with Crippen molar-refractivity contribution in [3.8, 4) is 0 Å². The number of hydrogen-bond acceptors (Lipinski definition) is 5. The van der Waals surface area contributed by atoms with E-state index in [2.05, 4.69) is 44.6 Å². The molecule has 0 radical (unpaired) electrons. The molecule has 3 heterocycles. The topological polar surface area (TPSA) is 71.3 Å². The third kappa shape index (κ3) is 3.64. The molecule has 5 rings (SSSR count). The second-order valence-electron chi connectivity index (χ2n) is 7.93. The first-order chi connectivity index (χ1) is 13.8. The smallest absolute Gasteiger partial charge is 0.290 e. The summed E-state index contributed by atoms with van der Waals surface area (Å²) in [5, 5.41) is 8.38. The van der Waals surface area contributed by atoms with E-state index in [-0.39, 0.29) is 5.91 Å². The van der Waals surface area contributed by atoms with Crippen molar-refractivity contribution >= 4 is 16.8 Å². The van der Waals surface area contributed by atoms with Crippen LogP contribution in [0.3, 0.4) is 0 Å². The van der Waals surface area contributed by atoms with Crippen LogP contribution in [-0.4, -0.2) is 40.1 Å². The predicted molar refractivity (Wildman–Crippen MR) is 106 cm³/mol. The number of rotatable bonds is 5. The lowest BCUT2D eigenvalue weighted by atomic mass is 9.94. The zero-order chi connectivity index (χ0) is 18.9. The minimum atomic E-state index is -0.142. The molecule has 1 aliphatic carbocycles. The first-order valence-corrected chi connectivity index (χ1v) is 10.1. The third-order valence-corrected chi connectivity index (χ3v) is 5.72. The summed E-state index contributed by atoms with van der Waals surface area (Å²) in [6, 6.07) is 12.5. The van der Waals surface area contributed by atoms with Gasteiger partial charge in [0.2, 0.25) is 5.76 Å². The highest BCUT2D eigenvalue weighted by atomic mass is 16.5. The maximum Gasteiger partial charge on any atom is 0.290 e. The summed E-state index contributed by atoms with van der Waals surface area (Å²) in [5.41, 5.74) is 3.23. The van der Waals surface area contributed by atoms with Crippen molar-refractivity contribution in [1.82, 2.24) is 20.4 Å². The van der Waals surface area contributed by atoms with E-state index >= 15 is 0 Å². The Kier molecular flexibility index (Phi) is 4.56. The number of piperidine rings is 1. The Morgan fingerprint density at radius 3 is 3.00 bits per heavy atom. The Morgan fingerprint density at radius 1 is 1.21 bits per heavy atom. The molecule has 1 amide bonds. The largest absolute Gasteiger partial charge is 0.351 e. The minimum Gasteiger partial charge on any atom is -0.351 e. The van der Waals surface area contributed by atoms with Crippen molar-refractivity contribution in [2.24, 2.45) is 0 Å². The van der Waals surface area contributed by atoms with Crippen LogP contribution in [-0.2, 0) is 6.54 Å². The van der Waals surface area contributed by atoms with E-state index in [0.717, 1.165) is 56.5 Å². The van der Waals surface area contributed by atoms with E-state index in [0.29, 0.717) is 17.7 Å². The first-order valence-electron chi connectivity index (χ1n) is 10.1. The van der Waals surface area contributed by atoms with Crippen LogP contribution in [0.15, 0.2) is 47.1 Å². The lowest BCUT2D eigenvalue weighted by molar-refractivity contribution is 0.0914.